The summed E-state index contributed by atoms with van der Waals surface area (Å²) in [6.07, 6.45) is 2.84. The van der Waals surface area contributed by atoms with E-state index in [2.05, 4.69) is 10.2 Å². The first kappa shape index (κ1) is 23.7. The molecular weight excluding hydrogens is 443 g/mol. The Bertz CT molecular complexity index is 1060. The number of benzene rings is 2. The number of halogens is 1. The van der Waals surface area contributed by atoms with E-state index in [9.17, 15) is 17.6 Å². The third kappa shape index (κ3) is 5.37. The number of nitrogens with zero attached hydrogens (tertiary/aromatic N) is 3. The van der Waals surface area contributed by atoms with Crippen LogP contribution in [0.5, 0.6) is 0 Å². The first-order chi connectivity index (χ1) is 15.9. The topological polar surface area (TPSA) is 73.0 Å². The Labute approximate surface area is 195 Å². The summed E-state index contributed by atoms with van der Waals surface area (Å²) < 4.78 is 41.2. The summed E-state index contributed by atoms with van der Waals surface area (Å²) >= 11 is 0. The normalized spacial score (nSPS) is 19.3. The molecule has 2 aromatic carbocycles. The molecule has 0 unspecified atom stereocenters. The molecule has 9 heteroatoms. The fourth-order valence-corrected chi connectivity index (χ4v) is 5.95. The van der Waals surface area contributed by atoms with E-state index in [1.807, 2.05) is 17.9 Å². The van der Waals surface area contributed by atoms with Crippen LogP contribution in [-0.4, -0.2) is 68.8 Å². The fourth-order valence-electron chi connectivity index (χ4n) is 4.44. The number of sulfonamides is 1. The quantitative estimate of drug-likeness (QED) is 0.696. The predicted octanol–water partition coefficient (Wildman–Crippen LogP) is 3.15. The van der Waals surface area contributed by atoms with Crippen LogP contribution in [0.25, 0.3) is 0 Å². The lowest BCUT2D eigenvalue weighted by Gasteiger charge is -2.38. The van der Waals surface area contributed by atoms with E-state index >= 15 is 0 Å². The van der Waals surface area contributed by atoms with Gasteiger partial charge in [-0.2, -0.15) is 4.31 Å². The van der Waals surface area contributed by atoms with Crippen molar-refractivity contribution in [2.45, 2.75) is 37.1 Å². The fraction of sp³-hybridized carbons (Fsp3) is 0.458. The Hall–Kier alpha value is -2.49. The molecule has 0 aliphatic carbocycles. The Morgan fingerprint density at radius 1 is 0.909 bits per heavy atom. The van der Waals surface area contributed by atoms with Crippen LogP contribution < -0.4 is 10.2 Å². The molecule has 7 nitrogen and oxygen atoms in total. The molecule has 0 radical (unpaired) electrons. The molecule has 2 saturated heterocycles. The van der Waals surface area contributed by atoms with E-state index in [1.54, 1.807) is 36.4 Å². The zero-order valence-electron chi connectivity index (χ0n) is 18.9. The highest BCUT2D eigenvalue weighted by molar-refractivity contribution is 7.89. The van der Waals surface area contributed by atoms with Crippen LogP contribution in [0.4, 0.5) is 15.8 Å². The Morgan fingerprint density at radius 2 is 1.55 bits per heavy atom. The molecule has 33 heavy (non-hydrogen) atoms. The number of nitrogens with one attached hydrogen (secondary N) is 1. The summed E-state index contributed by atoms with van der Waals surface area (Å²) in [6.45, 7) is 5.55. The number of para-hydroxylation sites is 1. The number of piperidine rings is 1. The van der Waals surface area contributed by atoms with Crippen LogP contribution in [-0.2, 0) is 14.8 Å². The van der Waals surface area contributed by atoms with Gasteiger partial charge < -0.3 is 10.2 Å². The van der Waals surface area contributed by atoms with Crippen LogP contribution in [0.3, 0.4) is 0 Å². The van der Waals surface area contributed by atoms with Gasteiger partial charge in [-0.1, -0.05) is 18.6 Å². The van der Waals surface area contributed by atoms with Crippen LogP contribution in [0.2, 0.25) is 0 Å². The van der Waals surface area contributed by atoms with Crippen molar-refractivity contribution < 1.29 is 17.6 Å². The number of amides is 1. The van der Waals surface area contributed by atoms with Crippen LogP contribution in [0, 0.1) is 5.82 Å². The third-order valence-corrected chi connectivity index (χ3v) is 8.42. The van der Waals surface area contributed by atoms with Gasteiger partial charge in [-0.25, -0.2) is 12.8 Å². The lowest BCUT2D eigenvalue weighted by atomic mass is 10.2. The Kier molecular flexibility index (Phi) is 7.31. The minimum absolute atomic E-state index is 0.152. The highest BCUT2D eigenvalue weighted by Crippen LogP contribution is 2.23. The number of piperazine rings is 1. The van der Waals surface area contributed by atoms with Gasteiger partial charge in [-0.05, 0) is 56.2 Å². The zero-order chi connectivity index (χ0) is 23.4. The number of carbonyl (C=O) groups excluding carboxylic acids is 1. The summed E-state index contributed by atoms with van der Waals surface area (Å²) in [5.74, 6) is -0.386. The smallest absolute Gasteiger partial charge is 0.243 e. The molecule has 1 amide bonds. The predicted molar refractivity (Wildman–Crippen MR) is 127 cm³/mol. The van der Waals surface area contributed by atoms with Gasteiger partial charge in [-0.3, -0.25) is 9.69 Å². The molecule has 1 atom stereocenters. The second-order valence-electron chi connectivity index (χ2n) is 8.63. The monoisotopic (exact) mass is 474 g/mol. The van der Waals surface area contributed by atoms with Crippen molar-refractivity contribution in [3.8, 4) is 0 Å². The maximum atomic E-state index is 14.0. The van der Waals surface area contributed by atoms with E-state index < -0.39 is 10.0 Å². The highest BCUT2D eigenvalue weighted by atomic mass is 32.2. The first-order valence-corrected chi connectivity index (χ1v) is 12.9. The average molecular weight is 475 g/mol. The second-order valence-corrected chi connectivity index (χ2v) is 10.6. The van der Waals surface area contributed by atoms with Crippen molar-refractivity contribution in [1.82, 2.24) is 9.21 Å². The van der Waals surface area contributed by atoms with Gasteiger partial charge in [0.15, 0.2) is 0 Å². The molecule has 0 aromatic heterocycles. The molecule has 2 aromatic rings. The zero-order valence-corrected chi connectivity index (χ0v) is 19.7. The van der Waals surface area contributed by atoms with Crippen LogP contribution >= 0.6 is 0 Å². The molecule has 2 aliphatic heterocycles. The number of anilines is 2. The standard InChI is InChI=1S/C24H31FN4O3S/c1-19(27-15-17-28(18-16-27)23-8-4-3-7-22(23)25)24(30)26-20-9-11-21(12-10-20)33(31,32)29-13-5-2-6-14-29/h3-4,7-12,19H,2,5-6,13-18H2,1H3,(H,26,30)/t19-/m0/s1. The summed E-state index contributed by atoms with van der Waals surface area (Å²) in [5.41, 5.74) is 1.16. The average Bonchev–Trinajstić information content (AvgIpc) is 2.85. The van der Waals surface area contributed by atoms with Crippen LogP contribution in [0.15, 0.2) is 53.4 Å². The van der Waals surface area contributed by atoms with Gasteiger partial charge in [0.2, 0.25) is 15.9 Å². The Morgan fingerprint density at radius 3 is 2.18 bits per heavy atom. The summed E-state index contributed by atoms with van der Waals surface area (Å²) in [7, 11) is -3.49. The summed E-state index contributed by atoms with van der Waals surface area (Å²) in [5, 5.41) is 2.89. The molecular formula is C24H31FN4O3S. The molecule has 2 fully saturated rings. The van der Waals surface area contributed by atoms with E-state index in [0.717, 1.165) is 19.3 Å². The van der Waals surface area contributed by atoms with Crippen LogP contribution in [0.1, 0.15) is 26.2 Å². The molecule has 0 bridgehead atoms. The van der Waals surface area contributed by atoms with E-state index in [-0.39, 0.29) is 22.7 Å². The molecule has 2 aliphatic rings. The number of hydrogen-bond donors (Lipinski definition) is 1. The van der Waals surface area contributed by atoms with Gasteiger partial charge in [0.1, 0.15) is 5.82 Å². The molecule has 1 N–H and O–H groups in total. The van der Waals surface area contributed by atoms with E-state index in [0.29, 0.717) is 50.6 Å². The van der Waals surface area contributed by atoms with Crippen molar-refractivity contribution in [3.05, 3.63) is 54.3 Å². The van der Waals surface area contributed by atoms with Crippen molar-refractivity contribution in [2.75, 3.05) is 49.5 Å². The van der Waals surface area contributed by atoms with Crippen molar-refractivity contribution >= 4 is 27.3 Å². The largest absolute Gasteiger partial charge is 0.367 e. The van der Waals surface area contributed by atoms with E-state index in [1.165, 1.54) is 10.4 Å². The Balaban J connectivity index is 1.32. The minimum atomic E-state index is -3.49. The van der Waals surface area contributed by atoms with Gasteiger partial charge in [0.25, 0.3) is 0 Å². The van der Waals surface area contributed by atoms with Gasteiger partial charge in [0, 0.05) is 45.0 Å². The molecule has 4 rings (SSSR count). The maximum Gasteiger partial charge on any atom is 0.243 e. The summed E-state index contributed by atoms with van der Waals surface area (Å²) in [6, 6.07) is 12.8. The molecule has 0 spiro atoms. The maximum absolute atomic E-state index is 14.0. The lowest BCUT2D eigenvalue weighted by Crippen LogP contribution is -2.53. The first-order valence-electron chi connectivity index (χ1n) is 11.5. The van der Waals surface area contributed by atoms with Gasteiger partial charge in [-0.15, -0.1) is 0 Å². The van der Waals surface area contributed by atoms with Gasteiger partial charge in [0.05, 0.1) is 16.6 Å². The van der Waals surface area contributed by atoms with Crippen molar-refractivity contribution in [3.63, 3.8) is 0 Å². The second kappa shape index (κ2) is 10.2. The third-order valence-electron chi connectivity index (χ3n) is 6.51. The number of carbonyl (C=O) groups is 1. The minimum Gasteiger partial charge on any atom is -0.367 e. The molecule has 2 heterocycles. The van der Waals surface area contributed by atoms with Crippen molar-refractivity contribution in [2.24, 2.45) is 0 Å². The summed E-state index contributed by atoms with van der Waals surface area (Å²) in [4.78, 5) is 17.1. The SMILES string of the molecule is C[C@@H](C(=O)Nc1ccc(S(=O)(=O)N2CCCCC2)cc1)N1CCN(c2ccccc2F)CC1. The highest BCUT2D eigenvalue weighted by Gasteiger charge is 2.28. The molecule has 178 valence electrons. The van der Waals surface area contributed by atoms with Crippen molar-refractivity contribution in [1.29, 1.82) is 0 Å². The number of rotatable bonds is 6. The van der Waals surface area contributed by atoms with Gasteiger partial charge >= 0.3 is 0 Å². The van der Waals surface area contributed by atoms with E-state index in [4.69, 9.17) is 0 Å². The molecule has 0 saturated carbocycles. The number of hydrogen-bond acceptors (Lipinski definition) is 5. The lowest BCUT2D eigenvalue weighted by molar-refractivity contribution is -0.120.